The quantitative estimate of drug-likeness (QED) is 0.455. The molecule has 0 saturated carbocycles. The van der Waals surface area contributed by atoms with E-state index in [0.29, 0.717) is 0 Å². The molecule has 1 aromatic carbocycles. The fraction of sp³-hybridized carbons (Fsp3) is 0.211. The van der Waals surface area contributed by atoms with Crippen LogP contribution in [0.3, 0.4) is 0 Å². The van der Waals surface area contributed by atoms with E-state index in [9.17, 15) is 0 Å². The third kappa shape index (κ3) is 3.48. The van der Waals surface area contributed by atoms with Crippen molar-refractivity contribution in [3.8, 4) is 0 Å². The van der Waals surface area contributed by atoms with Gasteiger partial charge in [-0.15, -0.1) is 22.7 Å². The Bertz CT molecular complexity index is 955. The number of anilines is 1. The van der Waals surface area contributed by atoms with Gasteiger partial charge in [-0.1, -0.05) is 36.4 Å². The van der Waals surface area contributed by atoms with Gasteiger partial charge in [0.1, 0.15) is 10.5 Å². The lowest BCUT2D eigenvalue weighted by Gasteiger charge is -2.11. The highest BCUT2D eigenvalue weighted by Crippen LogP contribution is 2.39. The molecule has 1 atom stereocenters. The lowest BCUT2D eigenvalue weighted by atomic mass is 10.0. The molecule has 0 bridgehead atoms. The van der Waals surface area contributed by atoms with Crippen LogP contribution in [-0.2, 0) is 13.0 Å². The van der Waals surface area contributed by atoms with Crippen molar-refractivity contribution in [3.63, 3.8) is 0 Å². The van der Waals surface area contributed by atoms with Gasteiger partial charge in [-0.05, 0) is 41.0 Å². The molecular formula is C19H19N3S3. The summed E-state index contributed by atoms with van der Waals surface area (Å²) in [6.07, 6.45) is 0.853. The van der Waals surface area contributed by atoms with Crippen molar-refractivity contribution in [1.82, 2.24) is 4.37 Å². The van der Waals surface area contributed by atoms with Crippen molar-refractivity contribution >= 4 is 49.4 Å². The van der Waals surface area contributed by atoms with E-state index in [1.165, 1.54) is 25.6 Å². The van der Waals surface area contributed by atoms with Crippen LogP contribution in [0, 0.1) is 6.92 Å². The first-order valence-corrected chi connectivity index (χ1v) is 10.6. The summed E-state index contributed by atoms with van der Waals surface area (Å²) in [5.74, 6) is 0. The number of benzene rings is 1. The topological polar surface area (TPSA) is 50.9 Å². The number of hydrogen-bond acceptors (Lipinski definition) is 6. The molecule has 0 spiro atoms. The molecule has 0 amide bonds. The van der Waals surface area contributed by atoms with E-state index >= 15 is 0 Å². The van der Waals surface area contributed by atoms with Crippen molar-refractivity contribution in [2.75, 3.05) is 5.32 Å². The van der Waals surface area contributed by atoms with Gasteiger partial charge >= 0.3 is 0 Å². The summed E-state index contributed by atoms with van der Waals surface area (Å²) in [4.78, 5) is 2.67. The normalized spacial score (nSPS) is 12.6. The summed E-state index contributed by atoms with van der Waals surface area (Å²) in [5, 5.41) is 6.81. The summed E-state index contributed by atoms with van der Waals surface area (Å²) in [6.45, 7) is 3.01. The Hall–Kier alpha value is -1.73. The number of thiophene rings is 2. The van der Waals surface area contributed by atoms with Gasteiger partial charge < -0.3 is 11.1 Å². The molecule has 4 rings (SSSR count). The predicted molar refractivity (Wildman–Crippen MR) is 111 cm³/mol. The van der Waals surface area contributed by atoms with Gasteiger partial charge in [0, 0.05) is 22.2 Å². The van der Waals surface area contributed by atoms with E-state index in [1.807, 2.05) is 29.5 Å². The molecule has 3 N–H and O–H groups in total. The van der Waals surface area contributed by atoms with E-state index in [1.54, 1.807) is 22.9 Å². The van der Waals surface area contributed by atoms with Crippen LogP contribution in [0.4, 0.5) is 5.00 Å². The molecule has 0 aliphatic rings. The van der Waals surface area contributed by atoms with Gasteiger partial charge in [-0.3, -0.25) is 0 Å². The molecule has 25 heavy (non-hydrogen) atoms. The fourth-order valence-electron chi connectivity index (χ4n) is 2.85. The summed E-state index contributed by atoms with van der Waals surface area (Å²) in [7, 11) is 0. The van der Waals surface area contributed by atoms with Crippen molar-refractivity contribution in [2.45, 2.75) is 25.9 Å². The lowest BCUT2D eigenvalue weighted by Crippen LogP contribution is -2.12. The number of nitrogens with one attached hydrogen (secondary N) is 1. The van der Waals surface area contributed by atoms with E-state index in [4.69, 9.17) is 5.73 Å². The van der Waals surface area contributed by atoms with Crippen LogP contribution >= 0.6 is 34.2 Å². The zero-order chi connectivity index (χ0) is 17.2. The van der Waals surface area contributed by atoms with Crippen molar-refractivity contribution in [2.24, 2.45) is 5.73 Å². The van der Waals surface area contributed by atoms with Gasteiger partial charge in [0.15, 0.2) is 0 Å². The van der Waals surface area contributed by atoms with E-state index in [0.717, 1.165) is 23.5 Å². The molecule has 3 nitrogen and oxygen atoms in total. The van der Waals surface area contributed by atoms with Gasteiger partial charge in [0.05, 0.1) is 11.2 Å². The molecule has 0 aliphatic carbocycles. The molecular weight excluding hydrogens is 366 g/mol. The summed E-state index contributed by atoms with van der Waals surface area (Å²) >= 11 is 5.15. The second kappa shape index (κ2) is 7.25. The van der Waals surface area contributed by atoms with Gasteiger partial charge in [-0.25, -0.2) is 0 Å². The van der Waals surface area contributed by atoms with Crippen molar-refractivity contribution in [3.05, 3.63) is 68.7 Å². The minimum Gasteiger partial charge on any atom is -0.370 e. The molecule has 3 heterocycles. The first-order valence-electron chi connectivity index (χ1n) is 8.17. The average molecular weight is 386 g/mol. The van der Waals surface area contributed by atoms with Gasteiger partial charge in [0.2, 0.25) is 0 Å². The number of nitrogens with two attached hydrogens (primary N) is 1. The number of nitrogens with zero attached hydrogens (tertiary/aromatic N) is 1. The molecule has 3 aromatic heterocycles. The van der Waals surface area contributed by atoms with E-state index in [-0.39, 0.29) is 6.04 Å². The highest BCUT2D eigenvalue weighted by molar-refractivity contribution is 7.24. The molecule has 0 saturated heterocycles. The number of aromatic nitrogens is 1. The second-order valence-electron chi connectivity index (χ2n) is 5.99. The first-order chi connectivity index (χ1) is 12.2. The standard InChI is InChI=1S/C19H19N3S3/c1-12-16(10-15(20)13-6-3-2-4-7-13)24-18-17(12)22-25-19(18)21-11-14-8-5-9-23-14/h2-9,15,21H,10-11,20H2,1H3/t15-/m1/s1. The molecule has 128 valence electrons. The second-order valence-corrected chi connectivity index (χ2v) is 8.90. The average Bonchev–Trinajstić information content (AvgIpc) is 3.34. The fourth-order valence-corrected chi connectivity index (χ4v) is 5.74. The smallest absolute Gasteiger partial charge is 0.127 e. The summed E-state index contributed by atoms with van der Waals surface area (Å²) in [5.41, 5.74) is 10.00. The summed E-state index contributed by atoms with van der Waals surface area (Å²) < 4.78 is 5.93. The lowest BCUT2D eigenvalue weighted by molar-refractivity contribution is 0.728. The van der Waals surface area contributed by atoms with Crippen LogP contribution < -0.4 is 11.1 Å². The third-order valence-electron chi connectivity index (χ3n) is 4.28. The Labute approximate surface area is 159 Å². The molecule has 0 aliphatic heterocycles. The molecule has 6 heteroatoms. The first kappa shape index (κ1) is 16.7. The van der Waals surface area contributed by atoms with Crippen LogP contribution in [0.5, 0.6) is 0 Å². The minimum atomic E-state index is 0.0221. The highest BCUT2D eigenvalue weighted by Gasteiger charge is 2.18. The third-order valence-corrected chi connectivity index (χ3v) is 7.42. The van der Waals surface area contributed by atoms with Crippen LogP contribution in [0.2, 0.25) is 0 Å². The maximum Gasteiger partial charge on any atom is 0.127 e. The zero-order valence-electron chi connectivity index (χ0n) is 13.9. The number of rotatable bonds is 6. The van der Waals surface area contributed by atoms with Gasteiger partial charge in [0.25, 0.3) is 0 Å². The SMILES string of the molecule is Cc1c(C[C@@H](N)c2ccccc2)sc2c(NCc3cccs3)snc12. The number of hydrogen-bond donors (Lipinski definition) is 2. The molecule has 0 fully saturated rings. The van der Waals surface area contributed by atoms with E-state index < -0.39 is 0 Å². The van der Waals surface area contributed by atoms with Crippen molar-refractivity contribution in [1.29, 1.82) is 0 Å². The monoisotopic (exact) mass is 385 g/mol. The molecule has 0 unspecified atom stereocenters. The van der Waals surface area contributed by atoms with E-state index in [2.05, 4.69) is 46.3 Å². The molecule has 4 aromatic rings. The maximum atomic E-state index is 6.42. The predicted octanol–water partition coefficient (Wildman–Crippen LogP) is 5.58. The largest absolute Gasteiger partial charge is 0.370 e. The summed E-state index contributed by atoms with van der Waals surface area (Å²) in [6, 6.07) is 14.6. The van der Waals surface area contributed by atoms with Crippen LogP contribution in [0.15, 0.2) is 47.8 Å². The van der Waals surface area contributed by atoms with Crippen LogP contribution in [0.25, 0.3) is 10.2 Å². The highest BCUT2D eigenvalue weighted by atomic mass is 32.1. The Morgan fingerprint density at radius 1 is 1.16 bits per heavy atom. The van der Waals surface area contributed by atoms with Crippen LogP contribution in [0.1, 0.15) is 26.9 Å². The molecule has 0 radical (unpaired) electrons. The Morgan fingerprint density at radius 3 is 2.76 bits per heavy atom. The Morgan fingerprint density at radius 2 is 2.00 bits per heavy atom. The minimum absolute atomic E-state index is 0.0221. The number of fused-ring (bicyclic) bond motifs is 1. The zero-order valence-corrected chi connectivity index (χ0v) is 16.3. The maximum absolute atomic E-state index is 6.42. The Kier molecular flexibility index (Phi) is 4.85. The number of aryl methyl sites for hydroxylation is 1. The Balaban J connectivity index is 1.55. The van der Waals surface area contributed by atoms with Crippen molar-refractivity contribution < 1.29 is 0 Å². The van der Waals surface area contributed by atoms with Crippen LogP contribution in [-0.4, -0.2) is 4.37 Å². The van der Waals surface area contributed by atoms with Gasteiger partial charge in [-0.2, -0.15) is 4.37 Å².